The Morgan fingerprint density at radius 2 is 1.07 bits per heavy atom. The van der Waals surface area contributed by atoms with Crippen LogP contribution < -0.4 is 9.64 Å². The van der Waals surface area contributed by atoms with Gasteiger partial charge in [0.05, 0.1) is 0 Å². The van der Waals surface area contributed by atoms with E-state index >= 15 is 0 Å². The predicted molar refractivity (Wildman–Crippen MR) is 295 cm³/mol. The molecular weight excluding hydrogens is 867 g/mol. The minimum atomic E-state index is 0.0467. The standard InChI is InChI=1S/C67H45NOS/c1-3-15-44(16-4-1)59-41-50-20-8-11-27-61(50)69-67-65-56(25-14-26-58(65)64(66(59)67)46-18-5-2-6-19-46)48-22-13-21-47(39-48)43-31-33-51(34-32-43)68(53-36-38-63-60(42-53)57-24-10-12-28-62(57)70-63)52-35-37-55-49(40-52)30-29-45-17-7-9-23-54(45)55/h1-40,42,59,64H,41H2/t59?,64-/m1/s1. The largest absolute Gasteiger partial charge is 0.456 e. The summed E-state index contributed by atoms with van der Waals surface area (Å²) in [6.07, 6.45) is 0.867. The molecule has 2 nitrogen and oxygen atoms in total. The number of ether oxygens (including phenoxy) is 1. The molecule has 0 saturated carbocycles. The summed E-state index contributed by atoms with van der Waals surface area (Å²) in [5.74, 6) is 2.11. The number of hydrogen-bond donors (Lipinski definition) is 0. The second kappa shape index (κ2) is 16.6. The molecule has 11 aromatic carbocycles. The van der Waals surface area contributed by atoms with Crippen LogP contribution in [0, 0.1) is 0 Å². The summed E-state index contributed by atoms with van der Waals surface area (Å²) in [6.45, 7) is 0. The van der Waals surface area contributed by atoms with Crippen molar-refractivity contribution in [2.45, 2.75) is 18.3 Å². The second-order valence-corrected chi connectivity index (χ2v) is 19.8. The van der Waals surface area contributed by atoms with E-state index in [-0.39, 0.29) is 11.8 Å². The Labute approximate surface area is 411 Å². The van der Waals surface area contributed by atoms with Crippen molar-refractivity contribution < 1.29 is 4.74 Å². The average molecular weight is 912 g/mol. The van der Waals surface area contributed by atoms with Gasteiger partial charge in [0.2, 0.25) is 0 Å². The van der Waals surface area contributed by atoms with Crippen LogP contribution in [-0.4, -0.2) is 0 Å². The zero-order valence-corrected chi connectivity index (χ0v) is 39.1. The highest BCUT2D eigenvalue weighted by Gasteiger charge is 2.42. The van der Waals surface area contributed by atoms with Crippen molar-refractivity contribution in [3.8, 4) is 28.0 Å². The molecule has 1 unspecified atom stereocenters. The molecular formula is C67H45NOS. The van der Waals surface area contributed by atoms with E-state index in [0.717, 1.165) is 51.7 Å². The third-order valence-corrected chi connectivity index (χ3v) is 15.9. The van der Waals surface area contributed by atoms with Crippen LogP contribution in [0.2, 0.25) is 0 Å². The fourth-order valence-corrected chi connectivity index (χ4v) is 12.6. The van der Waals surface area contributed by atoms with Crippen LogP contribution in [0.3, 0.4) is 0 Å². The Morgan fingerprint density at radius 1 is 0.414 bits per heavy atom. The Hall–Kier alpha value is -8.50. The summed E-state index contributed by atoms with van der Waals surface area (Å²) in [6, 6.07) is 91.5. The molecule has 1 aromatic heterocycles. The second-order valence-electron chi connectivity index (χ2n) is 18.7. The van der Waals surface area contributed by atoms with E-state index in [2.05, 4.69) is 254 Å². The molecule has 0 radical (unpaired) electrons. The Balaban J connectivity index is 0.884. The molecule has 0 bridgehead atoms. The molecule has 1 aliphatic heterocycles. The van der Waals surface area contributed by atoms with E-state index in [4.69, 9.17) is 4.74 Å². The first-order valence-corrected chi connectivity index (χ1v) is 25.1. The van der Waals surface area contributed by atoms with E-state index < -0.39 is 0 Å². The quantitative estimate of drug-likeness (QED) is 0.148. The topological polar surface area (TPSA) is 12.5 Å². The van der Waals surface area contributed by atoms with Gasteiger partial charge in [0.25, 0.3) is 0 Å². The maximum atomic E-state index is 7.25. The van der Waals surface area contributed by atoms with Crippen LogP contribution in [-0.2, 0) is 6.42 Å². The number of hydrogen-bond acceptors (Lipinski definition) is 3. The van der Waals surface area contributed by atoms with Gasteiger partial charge < -0.3 is 9.64 Å². The first-order valence-electron chi connectivity index (χ1n) is 24.3. The molecule has 14 rings (SSSR count). The molecule has 330 valence electrons. The molecule has 2 atom stereocenters. The Morgan fingerprint density at radius 3 is 1.94 bits per heavy atom. The number of anilines is 3. The van der Waals surface area contributed by atoms with Gasteiger partial charge in [-0.25, -0.2) is 0 Å². The molecule has 2 heterocycles. The molecule has 0 spiro atoms. The molecule has 0 fully saturated rings. The first kappa shape index (κ1) is 40.6. The van der Waals surface area contributed by atoms with Crippen LogP contribution in [0.15, 0.2) is 254 Å². The number of nitrogens with zero attached hydrogens (tertiary/aromatic N) is 1. The van der Waals surface area contributed by atoms with Crippen molar-refractivity contribution in [1.82, 2.24) is 0 Å². The summed E-state index contributed by atoms with van der Waals surface area (Å²) < 4.78 is 9.86. The van der Waals surface area contributed by atoms with Crippen molar-refractivity contribution in [1.29, 1.82) is 0 Å². The zero-order valence-electron chi connectivity index (χ0n) is 38.3. The molecule has 0 saturated heterocycles. The van der Waals surface area contributed by atoms with Crippen molar-refractivity contribution in [3.05, 3.63) is 282 Å². The van der Waals surface area contributed by atoms with E-state index in [1.165, 1.54) is 80.7 Å². The van der Waals surface area contributed by atoms with Gasteiger partial charge in [-0.2, -0.15) is 0 Å². The molecule has 0 amide bonds. The van der Waals surface area contributed by atoms with Crippen LogP contribution in [0.4, 0.5) is 17.1 Å². The summed E-state index contributed by atoms with van der Waals surface area (Å²) >= 11 is 1.86. The number of fused-ring (bicyclic) bond motifs is 9. The van der Waals surface area contributed by atoms with Gasteiger partial charge >= 0.3 is 0 Å². The molecule has 70 heavy (non-hydrogen) atoms. The SMILES string of the molecule is c1ccc(C2Cc3ccccc3OC3=C2[C@H](c2ccccc2)c2cccc(-c4cccc(-c5ccc(N(c6ccc7c(ccc8ccccc87)c6)c6ccc7sc8ccccc8c7c6)cc5)c4)c23)cc1. The molecule has 0 N–H and O–H groups in total. The molecule has 1 aliphatic carbocycles. The van der Waals surface area contributed by atoms with Crippen molar-refractivity contribution in [2.75, 3.05) is 4.90 Å². The highest BCUT2D eigenvalue weighted by atomic mass is 32.1. The third-order valence-electron chi connectivity index (χ3n) is 14.8. The highest BCUT2D eigenvalue weighted by Crippen LogP contribution is 2.56. The van der Waals surface area contributed by atoms with Crippen LogP contribution >= 0.6 is 11.3 Å². The van der Waals surface area contributed by atoms with Crippen molar-refractivity contribution >= 4 is 75.9 Å². The normalized spacial score (nSPS) is 15.1. The van der Waals surface area contributed by atoms with Gasteiger partial charge in [0.15, 0.2) is 0 Å². The predicted octanol–water partition coefficient (Wildman–Crippen LogP) is 18.4. The van der Waals surface area contributed by atoms with Gasteiger partial charge in [-0.1, -0.05) is 188 Å². The van der Waals surface area contributed by atoms with Crippen LogP contribution in [0.25, 0.3) is 69.7 Å². The lowest BCUT2D eigenvalue weighted by atomic mass is 9.77. The van der Waals surface area contributed by atoms with E-state index in [9.17, 15) is 0 Å². The molecule has 12 aromatic rings. The fourth-order valence-electron chi connectivity index (χ4n) is 11.5. The summed E-state index contributed by atoms with van der Waals surface area (Å²) in [5, 5.41) is 7.58. The average Bonchev–Trinajstić information content (AvgIpc) is 3.90. The minimum absolute atomic E-state index is 0.0467. The monoisotopic (exact) mass is 911 g/mol. The van der Waals surface area contributed by atoms with Crippen LogP contribution in [0.1, 0.15) is 39.7 Å². The smallest absolute Gasteiger partial charge is 0.136 e. The zero-order chi connectivity index (χ0) is 46.1. The maximum absolute atomic E-state index is 7.25. The lowest BCUT2D eigenvalue weighted by molar-refractivity contribution is 0.511. The summed E-state index contributed by atoms with van der Waals surface area (Å²) in [4.78, 5) is 2.41. The van der Waals surface area contributed by atoms with Gasteiger partial charge in [-0.15, -0.1) is 11.3 Å². The number of para-hydroxylation sites is 1. The molecule has 2 aliphatic rings. The van der Waals surface area contributed by atoms with E-state index in [1.54, 1.807) is 0 Å². The highest BCUT2D eigenvalue weighted by molar-refractivity contribution is 7.25. The third kappa shape index (κ3) is 6.76. The molecule has 3 heteroatoms. The number of allylic oxidation sites excluding steroid dienone is 1. The summed E-state index contributed by atoms with van der Waals surface area (Å²) in [7, 11) is 0. The minimum Gasteiger partial charge on any atom is -0.456 e. The van der Waals surface area contributed by atoms with Gasteiger partial charge in [0, 0.05) is 54.6 Å². The number of benzene rings is 11. The van der Waals surface area contributed by atoms with Gasteiger partial charge in [0.1, 0.15) is 11.5 Å². The van der Waals surface area contributed by atoms with Gasteiger partial charge in [-0.05, 0) is 139 Å². The lowest BCUT2D eigenvalue weighted by Gasteiger charge is -2.26. The maximum Gasteiger partial charge on any atom is 0.136 e. The Kier molecular flexibility index (Phi) is 9.63. The van der Waals surface area contributed by atoms with Crippen molar-refractivity contribution in [2.24, 2.45) is 0 Å². The lowest BCUT2D eigenvalue weighted by Crippen LogP contribution is -2.12. The van der Waals surface area contributed by atoms with Gasteiger partial charge in [-0.3, -0.25) is 0 Å². The van der Waals surface area contributed by atoms with Crippen molar-refractivity contribution in [3.63, 3.8) is 0 Å². The van der Waals surface area contributed by atoms with E-state index in [0.29, 0.717) is 0 Å². The Bertz CT molecular complexity index is 4020. The fraction of sp³-hybridized carbons (Fsp3) is 0.0448. The summed E-state index contributed by atoms with van der Waals surface area (Å²) in [5.41, 5.74) is 15.7. The van der Waals surface area contributed by atoms with E-state index in [1.807, 2.05) is 11.3 Å². The first-order chi connectivity index (χ1) is 34.7. The number of rotatable bonds is 7. The number of thiophene rings is 1. The van der Waals surface area contributed by atoms with Crippen LogP contribution in [0.5, 0.6) is 5.75 Å².